The van der Waals surface area contributed by atoms with Gasteiger partial charge >= 0.3 is 5.97 Å². The Kier molecular flexibility index (Phi) is 4.42. The number of halogens is 1. The summed E-state index contributed by atoms with van der Waals surface area (Å²) in [4.78, 5) is 11.4. The van der Waals surface area contributed by atoms with Gasteiger partial charge in [0.05, 0.1) is 12.5 Å². The van der Waals surface area contributed by atoms with Gasteiger partial charge in [-0.15, -0.1) is 0 Å². The van der Waals surface area contributed by atoms with Gasteiger partial charge in [-0.25, -0.2) is 0 Å². The monoisotopic (exact) mass is 344 g/mol. The van der Waals surface area contributed by atoms with E-state index >= 15 is 0 Å². The van der Waals surface area contributed by atoms with Crippen LogP contribution in [0.2, 0.25) is 0 Å². The van der Waals surface area contributed by atoms with Gasteiger partial charge in [-0.05, 0) is 72.4 Å². The topological polar surface area (TPSA) is 26.3 Å². The smallest absolute Gasteiger partial charge is 0.309 e. The third kappa shape index (κ3) is 3.69. The van der Waals surface area contributed by atoms with E-state index in [0.717, 1.165) is 19.3 Å². The SMILES string of the molecule is CCOC(=O)[C@@H]1C[C@@H]1CCc1ccc(I)cc1. The van der Waals surface area contributed by atoms with Gasteiger partial charge in [-0.2, -0.15) is 0 Å². The van der Waals surface area contributed by atoms with Crippen LogP contribution in [0.5, 0.6) is 0 Å². The summed E-state index contributed by atoms with van der Waals surface area (Å²) in [6.45, 7) is 2.36. The largest absolute Gasteiger partial charge is 0.466 e. The van der Waals surface area contributed by atoms with Gasteiger partial charge < -0.3 is 4.74 Å². The third-order valence-corrected chi connectivity index (χ3v) is 3.95. The molecule has 0 heterocycles. The molecule has 0 N–H and O–H groups in total. The number of rotatable bonds is 5. The van der Waals surface area contributed by atoms with Crippen LogP contribution in [0.1, 0.15) is 25.3 Å². The Morgan fingerprint density at radius 1 is 1.41 bits per heavy atom. The van der Waals surface area contributed by atoms with E-state index < -0.39 is 0 Å². The number of carbonyl (C=O) groups is 1. The van der Waals surface area contributed by atoms with Gasteiger partial charge in [0.2, 0.25) is 0 Å². The lowest BCUT2D eigenvalue weighted by Crippen LogP contribution is -2.07. The average Bonchev–Trinajstić information content (AvgIpc) is 3.08. The highest BCUT2D eigenvalue weighted by Gasteiger charge is 2.43. The Balaban J connectivity index is 1.74. The van der Waals surface area contributed by atoms with Crippen molar-refractivity contribution in [2.75, 3.05) is 6.61 Å². The summed E-state index contributed by atoms with van der Waals surface area (Å²) in [5.74, 6) is 0.729. The molecular weight excluding hydrogens is 327 g/mol. The van der Waals surface area contributed by atoms with Gasteiger partial charge in [0.15, 0.2) is 0 Å². The highest BCUT2D eigenvalue weighted by molar-refractivity contribution is 14.1. The Labute approximate surface area is 116 Å². The molecule has 1 aliphatic rings. The maximum absolute atomic E-state index is 11.4. The highest BCUT2D eigenvalue weighted by Crippen LogP contribution is 2.42. The number of esters is 1. The van der Waals surface area contributed by atoms with Crippen molar-refractivity contribution in [3.05, 3.63) is 33.4 Å². The van der Waals surface area contributed by atoms with Crippen LogP contribution in [0.4, 0.5) is 0 Å². The summed E-state index contributed by atoms with van der Waals surface area (Å²) in [5.41, 5.74) is 1.36. The number of ether oxygens (including phenoxy) is 1. The minimum absolute atomic E-state index is 0.000102. The van der Waals surface area contributed by atoms with Gasteiger partial charge in [0.1, 0.15) is 0 Å². The quantitative estimate of drug-likeness (QED) is 0.604. The van der Waals surface area contributed by atoms with E-state index in [1.165, 1.54) is 9.13 Å². The second kappa shape index (κ2) is 5.85. The van der Waals surface area contributed by atoms with Crippen LogP contribution in [0, 0.1) is 15.4 Å². The van der Waals surface area contributed by atoms with Crippen LogP contribution in [0.25, 0.3) is 0 Å². The van der Waals surface area contributed by atoms with E-state index in [1.54, 1.807) is 0 Å². The molecule has 0 unspecified atom stereocenters. The zero-order valence-corrected chi connectivity index (χ0v) is 12.1. The fraction of sp³-hybridized carbons (Fsp3) is 0.500. The fourth-order valence-electron chi connectivity index (χ4n) is 2.11. The molecule has 0 aromatic heterocycles. The molecule has 1 aliphatic carbocycles. The molecule has 2 rings (SSSR count). The number of carbonyl (C=O) groups excluding carboxylic acids is 1. The first-order valence-electron chi connectivity index (χ1n) is 6.11. The zero-order chi connectivity index (χ0) is 12.3. The van der Waals surface area contributed by atoms with Crippen molar-refractivity contribution in [1.29, 1.82) is 0 Å². The van der Waals surface area contributed by atoms with Crippen molar-refractivity contribution in [3.63, 3.8) is 0 Å². The summed E-state index contributed by atoms with van der Waals surface area (Å²) in [7, 11) is 0. The maximum Gasteiger partial charge on any atom is 0.309 e. The van der Waals surface area contributed by atoms with E-state index in [-0.39, 0.29) is 11.9 Å². The van der Waals surface area contributed by atoms with Gasteiger partial charge in [0, 0.05) is 3.57 Å². The van der Waals surface area contributed by atoms with Crippen LogP contribution < -0.4 is 0 Å². The van der Waals surface area contributed by atoms with E-state index in [2.05, 4.69) is 46.9 Å². The minimum atomic E-state index is 0.000102. The Bertz CT molecular complexity index is 386. The molecule has 0 aliphatic heterocycles. The lowest BCUT2D eigenvalue weighted by Gasteiger charge is -2.02. The second-order valence-corrected chi connectivity index (χ2v) is 5.77. The molecule has 0 saturated heterocycles. The van der Waals surface area contributed by atoms with Crippen LogP contribution in [0.3, 0.4) is 0 Å². The van der Waals surface area contributed by atoms with Crippen molar-refractivity contribution < 1.29 is 9.53 Å². The Hall–Kier alpha value is -0.580. The normalized spacial score (nSPS) is 22.2. The molecule has 92 valence electrons. The highest BCUT2D eigenvalue weighted by atomic mass is 127. The van der Waals surface area contributed by atoms with Crippen molar-refractivity contribution >= 4 is 28.6 Å². The number of benzene rings is 1. The molecule has 0 radical (unpaired) electrons. The van der Waals surface area contributed by atoms with Gasteiger partial charge in [-0.3, -0.25) is 4.79 Å². The number of aryl methyl sites for hydroxylation is 1. The van der Waals surface area contributed by atoms with Gasteiger partial charge in [0.25, 0.3) is 0 Å². The first-order chi connectivity index (χ1) is 8.20. The van der Waals surface area contributed by atoms with Crippen LogP contribution in [-0.2, 0) is 16.0 Å². The molecule has 17 heavy (non-hydrogen) atoms. The predicted octanol–water partition coefficient (Wildman–Crippen LogP) is 3.42. The fourth-order valence-corrected chi connectivity index (χ4v) is 2.47. The average molecular weight is 344 g/mol. The summed E-state index contributed by atoms with van der Waals surface area (Å²) in [6, 6.07) is 8.60. The summed E-state index contributed by atoms with van der Waals surface area (Å²) in [5, 5.41) is 0. The lowest BCUT2D eigenvalue weighted by molar-refractivity contribution is -0.145. The molecular formula is C14H17IO2. The van der Waals surface area contributed by atoms with E-state index in [0.29, 0.717) is 12.5 Å². The summed E-state index contributed by atoms with van der Waals surface area (Å²) in [6.07, 6.45) is 3.19. The molecule has 0 bridgehead atoms. The molecule has 0 amide bonds. The lowest BCUT2D eigenvalue weighted by atomic mass is 10.1. The first-order valence-corrected chi connectivity index (χ1v) is 7.19. The van der Waals surface area contributed by atoms with Crippen LogP contribution in [0.15, 0.2) is 24.3 Å². The van der Waals surface area contributed by atoms with Crippen LogP contribution >= 0.6 is 22.6 Å². The first kappa shape index (κ1) is 12.9. The van der Waals surface area contributed by atoms with Gasteiger partial charge in [-0.1, -0.05) is 12.1 Å². The molecule has 1 aromatic rings. The van der Waals surface area contributed by atoms with Crippen molar-refractivity contribution in [2.24, 2.45) is 11.8 Å². The summed E-state index contributed by atoms with van der Waals surface area (Å²) < 4.78 is 6.29. The van der Waals surface area contributed by atoms with Crippen molar-refractivity contribution in [3.8, 4) is 0 Å². The third-order valence-electron chi connectivity index (χ3n) is 3.23. The van der Waals surface area contributed by atoms with Crippen molar-refractivity contribution in [2.45, 2.75) is 26.2 Å². The molecule has 2 nitrogen and oxygen atoms in total. The Morgan fingerprint density at radius 3 is 2.76 bits per heavy atom. The molecule has 0 spiro atoms. The standard InChI is InChI=1S/C14H17IO2/c1-2-17-14(16)13-9-11(13)6-3-10-4-7-12(15)8-5-10/h4-5,7-8,11,13H,2-3,6,9H2,1H3/t11-,13+/m0/s1. The predicted molar refractivity (Wildman–Crippen MR) is 75.7 cm³/mol. The molecule has 1 saturated carbocycles. The second-order valence-electron chi connectivity index (χ2n) is 4.52. The molecule has 3 heteroatoms. The zero-order valence-electron chi connectivity index (χ0n) is 9.99. The Morgan fingerprint density at radius 2 is 2.12 bits per heavy atom. The van der Waals surface area contributed by atoms with Crippen molar-refractivity contribution in [1.82, 2.24) is 0 Å². The molecule has 1 fully saturated rings. The van der Waals surface area contributed by atoms with E-state index in [9.17, 15) is 4.79 Å². The minimum Gasteiger partial charge on any atom is -0.466 e. The summed E-state index contributed by atoms with van der Waals surface area (Å²) >= 11 is 2.31. The molecule has 1 aromatic carbocycles. The van der Waals surface area contributed by atoms with Crippen LogP contribution in [-0.4, -0.2) is 12.6 Å². The number of hydrogen-bond donors (Lipinski definition) is 0. The molecule has 2 atom stereocenters. The number of hydrogen-bond acceptors (Lipinski definition) is 2. The van der Waals surface area contributed by atoms with E-state index in [1.807, 2.05) is 6.92 Å². The van der Waals surface area contributed by atoms with E-state index in [4.69, 9.17) is 4.74 Å². The maximum atomic E-state index is 11.4.